The van der Waals surface area contributed by atoms with Crippen molar-refractivity contribution in [2.45, 2.75) is 13.0 Å². The Labute approximate surface area is 141 Å². The van der Waals surface area contributed by atoms with Crippen LogP contribution in [0.3, 0.4) is 0 Å². The predicted molar refractivity (Wildman–Crippen MR) is 90.6 cm³/mol. The molecule has 1 aromatic heterocycles. The van der Waals surface area contributed by atoms with Crippen molar-refractivity contribution in [1.29, 1.82) is 0 Å². The zero-order valence-corrected chi connectivity index (χ0v) is 13.9. The van der Waals surface area contributed by atoms with Crippen LogP contribution in [0.25, 0.3) is 10.1 Å². The highest BCUT2D eigenvalue weighted by molar-refractivity contribution is 7.20. The lowest BCUT2D eigenvalue weighted by Gasteiger charge is -2.14. The van der Waals surface area contributed by atoms with Crippen LogP contribution in [0.1, 0.15) is 28.2 Å². The molecule has 1 amide bonds. The van der Waals surface area contributed by atoms with Gasteiger partial charge in [-0.05, 0) is 54.3 Å². The average molecular weight is 347 g/mol. The first kappa shape index (κ1) is 16.4. The third-order valence-electron chi connectivity index (χ3n) is 3.73. The summed E-state index contributed by atoms with van der Waals surface area (Å²) >= 11 is 1.29. The summed E-state index contributed by atoms with van der Waals surface area (Å²) in [5, 5.41) is 3.51. The molecule has 124 valence electrons. The van der Waals surface area contributed by atoms with Gasteiger partial charge in [0.2, 0.25) is 0 Å². The Morgan fingerprint density at radius 2 is 1.96 bits per heavy atom. The summed E-state index contributed by atoms with van der Waals surface area (Å²) < 4.78 is 32.7. The van der Waals surface area contributed by atoms with Crippen molar-refractivity contribution < 1.29 is 18.3 Å². The molecule has 6 heteroatoms. The molecule has 0 radical (unpaired) electrons. The Morgan fingerprint density at radius 3 is 2.67 bits per heavy atom. The minimum Gasteiger partial charge on any atom is -0.494 e. The third-order valence-corrected chi connectivity index (χ3v) is 4.84. The molecule has 2 aromatic carbocycles. The van der Waals surface area contributed by atoms with Gasteiger partial charge in [0.15, 0.2) is 11.6 Å². The summed E-state index contributed by atoms with van der Waals surface area (Å²) in [5.41, 5.74) is 0.633. The fourth-order valence-electron chi connectivity index (χ4n) is 2.43. The molecule has 0 saturated carbocycles. The largest absolute Gasteiger partial charge is 0.494 e. The van der Waals surface area contributed by atoms with Crippen molar-refractivity contribution in [2.24, 2.45) is 0 Å². The van der Waals surface area contributed by atoms with E-state index >= 15 is 0 Å². The predicted octanol–water partition coefficient (Wildman–Crippen LogP) is 4.68. The number of rotatable bonds is 4. The fourth-order valence-corrected chi connectivity index (χ4v) is 3.38. The molecule has 24 heavy (non-hydrogen) atoms. The van der Waals surface area contributed by atoms with E-state index in [9.17, 15) is 13.6 Å². The van der Waals surface area contributed by atoms with E-state index in [1.54, 1.807) is 25.1 Å². The minimum atomic E-state index is -0.478. The monoisotopic (exact) mass is 347 g/mol. The van der Waals surface area contributed by atoms with Crippen LogP contribution >= 0.6 is 11.3 Å². The first-order valence-corrected chi connectivity index (χ1v) is 8.13. The van der Waals surface area contributed by atoms with Crippen LogP contribution in [0.2, 0.25) is 0 Å². The molecule has 0 spiro atoms. The average Bonchev–Trinajstić information content (AvgIpc) is 2.97. The van der Waals surface area contributed by atoms with Gasteiger partial charge in [0.25, 0.3) is 5.91 Å². The second-order valence-electron chi connectivity index (χ2n) is 5.38. The van der Waals surface area contributed by atoms with E-state index in [1.165, 1.54) is 42.7 Å². The highest BCUT2D eigenvalue weighted by Crippen LogP contribution is 2.27. The number of fused-ring (bicyclic) bond motifs is 1. The van der Waals surface area contributed by atoms with Gasteiger partial charge in [-0.2, -0.15) is 0 Å². The van der Waals surface area contributed by atoms with E-state index in [4.69, 9.17) is 4.74 Å². The fraction of sp³-hybridized carbons (Fsp3) is 0.167. The summed E-state index contributed by atoms with van der Waals surface area (Å²) in [7, 11) is 1.40. The molecule has 3 rings (SSSR count). The summed E-state index contributed by atoms with van der Waals surface area (Å²) in [5.74, 6) is -0.938. The zero-order valence-electron chi connectivity index (χ0n) is 13.1. The van der Waals surface area contributed by atoms with Gasteiger partial charge >= 0.3 is 0 Å². The van der Waals surface area contributed by atoms with Gasteiger partial charge < -0.3 is 10.1 Å². The molecular weight excluding hydrogens is 332 g/mol. The van der Waals surface area contributed by atoms with Crippen LogP contribution < -0.4 is 10.1 Å². The third kappa shape index (κ3) is 3.23. The molecule has 0 aliphatic carbocycles. The maximum Gasteiger partial charge on any atom is 0.261 e. The Hall–Kier alpha value is -2.47. The normalized spacial score (nSPS) is 12.2. The number of hydrogen-bond donors (Lipinski definition) is 1. The van der Waals surface area contributed by atoms with Crippen molar-refractivity contribution in [2.75, 3.05) is 7.11 Å². The van der Waals surface area contributed by atoms with Crippen LogP contribution in [0.15, 0.2) is 42.5 Å². The second kappa shape index (κ2) is 6.57. The van der Waals surface area contributed by atoms with Crippen molar-refractivity contribution >= 4 is 27.3 Å². The van der Waals surface area contributed by atoms with Gasteiger partial charge in [-0.1, -0.05) is 6.07 Å². The van der Waals surface area contributed by atoms with Crippen LogP contribution in [0.5, 0.6) is 5.75 Å². The molecule has 0 bridgehead atoms. The van der Waals surface area contributed by atoms with Gasteiger partial charge in [-0.15, -0.1) is 11.3 Å². The maximum atomic E-state index is 13.8. The second-order valence-corrected chi connectivity index (χ2v) is 6.47. The standard InChI is InChI=1S/C18H15F2NO2S/c1-10(11-3-5-15(23-2)14(20)8-11)21-18(22)17-9-12-7-13(19)4-6-16(12)24-17/h3-10H,1-2H3,(H,21,22). The van der Waals surface area contributed by atoms with Crippen molar-refractivity contribution in [3.8, 4) is 5.75 Å². The van der Waals surface area contributed by atoms with E-state index < -0.39 is 5.82 Å². The van der Waals surface area contributed by atoms with Gasteiger partial charge in [-0.3, -0.25) is 4.79 Å². The van der Waals surface area contributed by atoms with Gasteiger partial charge in [0.1, 0.15) is 5.82 Å². The molecule has 0 fully saturated rings. The van der Waals surface area contributed by atoms with E-state index in [0.717, 1.165) is 4.70 Å². The summed E-state index contributed by atoms with van der Waals surface area (Å²) in [6, 6.07) is 10.2. The number of halogens is 2. The first-order chi connectivity index (χ1) is 11.5. The van der Waals surface area contributed by atoms with Crippen molar-refractivity contribution in [1.82, 2.24) is 5.32 Å². The smallest absolute Gasteiger partial charge is 0.261 e. The summed E-state index contributed by atoms with van der Waals surface area (Å²) in [6.07, 6.45) is 0. The number of amides is 1. The molecule has 1 N–H and O–H groups in total. The number of carbonyl (C=O) groups excluding carboxylic acids is 1. The van der Waals surface area contributed by atoms with Crippen LogP contribution in [-0.2, 0) is 0 Å². The first-order valence-electron chi connectivity index (χ1n) is 7.31. The minimum absolute atomic E-state index is 0.156. The number of methoxy groups -OCH3 is 1. The Kier molecular flexibility index (Phi) is 4.49. The van der Waals surface area contributed by atoms with Gasteiger partial charge in [0.05, 0.1) is 18.0 Å². The van der Waals surface area contributed by atoms with Gasteiger partial charge in [0, 0.05) is 4.70 Å². The topological polar surface area (TPSA) is 38.3 Å². The lowest BCUT2D eigenvalue weighted by atomic mass is 10.1. The number of benzene rings is 2. The van der Waals surface area contributed by atoms with Crippen molar-refractivity contribution in [3.05, 3.63) is 64.5 Å². The highest BCUT2D eigenvalue weighted by Gasteiger charge is 2.16. The van der Waals surface area contributed by atoms with E-state index in [2.05, 4.69) is 5.32 Å². The maximum absolute atomic E-state index is 13.8. The van der Waals surface area contributed by atoms with Crippen LogP contribution in [0, 0.1) is 11.6 Å². The molecule has 1 unspecified atom stereocenters. The van der Waals surface area contributed by atoms with Crippen LogP contribution in [-0.4, -0.2) is 13.0 Å². The molecule has 0 saturated heterocycles. The SMILES string of the molecule is COc1ccc(C(C)NC(=O)c2cc3cc(F)ccc3s2)cc1F. The quantitative estimate of drug-likeness (QED) is 0.744. The van der Waals surface area contributed by atoms with Crippen LogP contribution in [0.4, 0.5) is 8.78 Å². The molecule has 1 heterocycles. The van der Waals surface area contributed by atoms with Crippen molar-refractivity contribution in [3.63, 3.8) is 0 Å². The van der Waals surface area contributed by atoms with E-state index in [0.29, 0.717) is 15.8 Å². The molecule has 1 atom stereocenters. The number of thiophene rings is 1. The Balaban J connectivity index is 1.78. The molecule has 3 aromatic rings. The Bertz CT molecular complexity index is 907. The Morgan fingerprint density at radius 1 is 1.17 bits per heavy atom. The summed E-state index contributed by atoms with van der Waals surface area (Å²) in [4.78, 5) is 12.9. The molecule has 0 aliphatic heterocycles. The number of carbonyl (C=O) groups is 1. The molecular formula is C18H15F2NO2S. The molecule has 3 nitrogen and oxygen atoms in total. The lowest BCUT2D eigenvalue weighted by Crippen LogP contribution is -2.25. The number of ether oxygens (including phenoxy) is 1. The zero-order chi connectivity index (χ0) is 17.3. The van der Waals surface area contributed by atoms with Gasteiger partial charge in [-0.25, -0.2) is 8.78 Å². The van der Waals surface area contributed by atoms with E-state index in [1.807, 2.05) is 0 Å². The number of nitrogens with one attached hydrogen (secondary N) is 1. The number of hydrogen-bond acceptors (Lipinski definition) is 3. The van der Waals surface area contributed by atoms with E-state index in [-0.39, 0.29) is 23.5 Å². The lowest BCUT2D eigenvalue weighted by molar-refractivity contribution is 0.0944. The summed E-state index contributed by atoms with van der Waals surface area (Å²) in [6.45, 7) is 1.77. The molecule has 0 aliphatic rings. The highest BCUT2D eigenvalue weighted by atomic mass is 32.1.